The fourth-order valence-corrected chi connectivity index (χ4v) is 3.22. The maximum Gasteiger partial charge on any atom is 0.316 e. The maximum atomic E-state index is 12.4. The van der Waals surface area contributed by atoms with Crippen LogP contribution in [-0.2, 0) is 0 Å². The monoisotopic (exact) mass is 338 g/mol. The third kappa shape index (κ3) is 3.91. The smallest absolute Gasteiger partial charge is 0.316 e. The van der Waals surface area contributed by atoms with Gasteiger partial charge in [0.2, 0.25) is 0 Å². The zero-order chi connectivity index (χ0) is 17.8. The second-order valence-corrected chi connectivity index (χ2v) is 6.25. The largest absolute Gasteiger partial charge is 0.374 e. The lowest BCUT2D eigenvalue weighted by Crippen LogP contribution is -2.34. The summed E-state index contributed by atoms with van der Waals surface area (Å²) >= 11 is 0. The van der Waals surface area contributed by atoms with Gasteiger partial charge in [-0.2, -0.15) is 0 Å². The van der Waals surface area contributed by atoms with E-state index < -0.39 is 6.03 Å². The normalized spacial score (nSPS) is 16.0. The summed E-state index contributed by atoms with van der Waals surface area (Å²) in [4.78, 5) is 25.6. The second kappa shape index (κ2) is 7.25. The summed E-state index contributed by atoms with van der Waals surface area (Å²) < 4.78 is 0. The minimum Gasteiger partial charge on any atom is -0.374 e. The predicted octanol–water partition coefficient (Wildman–Crippen LogP) is 2.53. The number of benzene rings is 2. The molecule has 25 heavy (non-hydrogen) atoms. The van der Waals surface area contributed by atoms with Gasteiger partial charge in [-0.3, -0.25) is 4.79 Å². The average molecular weight is 338 g/mol. The molecular weight excluding hydrogens is 316 g/mol. The first-order chi connectivity index (χ1) is 12.0. The molecule has 6 heteroatoms. The highest BCUT2D eigenvalue weighted by molar-refractivity contribution is 5.96. The van der Waals surface area contributed by atoms with Crippen molar-refractivity contribution < 1.29 is 9.59 Å². The molecule has 6 nitrogen and oxygen atoms in total. The Bertz CT molecular complexity index is 790. The molecule has 2 aromatic rings. The van der Waals surface area contributed by atoms with E-state index in [9.17, 15) is 9.59 Å². The van der Waals surface area contributed by atoms with Crippen molar-refractivity contribution in [2.45, 2.75) is 12.3 Å². The van der Waals surface area contributed by atoms with Crippen LogP contribution in [0, 0.1) is 0 Å². The van der Waals surface area contributed by atoms with Crippen molar-refractivity contribution in [3.63, 3.8) is 0 Å². The quantitative estimate of drug-likeness (QED) is 0.800. The van der Waals surface area contributed by atoms with Crippen LogP contribution in [0.1, 0.15) is 28.3 Å². The highest BCUT2D eigenvalue weighted by Gasteiger charge is 2.23. The Morgan fingerprint density at radius 1 is 1.20 bits per heavy atom. The third-order valence-corrected chi connectivity index (χ3v) is 4.50. The minimum absolute atomic E-state index is 0.162. The summed E-state index contributed by atoms with van der Waals surface area (Å²) in [5, 5.41) is 5.48. The van der Waals surface area contributed by atoms with Crippen LogP contribution in [0.3, 0.4) is 0 Å². The van der Waals surface area contributed by atoms with Crippen LogP contribution in [0.4, 0.5) is 16.2 Å². The lowest BCUT2D eigenvalue weighted by Gasteiger charge is -2.33. The van der Waals surface area contributed by atoms with Crippen molar-refractivity contribution in [1.82, 2.24) is 5.32 Å². The number of fused-ring (bicyclic) bond motifs is 1. The first-order valence-corrected chi connectivity index (χ1v) is 8.29. The molecule has 1 aliphatic rings. The maximum absolute atomic E-state index is 12.4. The lowest BCUT2D eigenvalue weighted by atomic mass is 9.90. The van der Waals surface area contributed by atoms with Crippen LogP contribution in [0.25, 0.3) is 0 Å². The molecule has 1 atom stereocenters. The molecule has 0 aliphatic carbocycles. The van der Waals surface area contributed by atoms with Gasteiger partial charge in [-0.05, 0) is 36.2 Å². The summed E-state index contributed by atoms with van der Waals surface area (Å²) in [7, 11) is 2.09. The van der Waals surface area contributed by atoms with Gasteiger partial charge in [-0.15, -0.1) is 0 Å². The molecular formula is C19H22N4O2. The number of nitrogens with two attached hydrogens (primary N) is 1. The Morgan fingerprint density at radius 2 is 2.00 bits per heavy atom. The van der Waals surface area contributed by atoms with Crippen LogP contribution in [0.15, 0.2) is 48.5 Å². The van der Waals surface area contributed by atoms with Crippen molar-refractivity contribution in [1.29, 1.82) is 0 Å². The summed E-state index contributed by atoms with van der Waals surface area (Å²) in [6.07, 6.45) is 0.997. The first kappa shape index (κ1) is 16.8. The number of primary amides is 1. The molecule has 0 spiro atoms. The van der Waals surface area contributed by atoms with E-state index in [2.05, 4.69) is 34.7 Å². The number of nitrogens with one attached hydrogen (secondary N) is 2. The minimum atomic E-state index is -0.652. The Kier molecular flexibility index (Phi) is 4.88. The fraction of sp³-hybridized carbons (Fsp3) is 0.263. The van der Waals surface area contributed by atoms with E-state index in [-0.39, 0.29) is 5.91 Å². The molecule has 3 amide bonds. The van der Waals surface area contributed by atoms with Gasteiger partial charge in [-0.1, -0.05) is 24.3 Å². The topological polar surface area (TPSA) is 87.5 Å². The molecule has 0 radical (unpaired) electrons. The number of rotatable bonds is 4. The molecule has 0 bridgehead atoms. The highest BCUT2D eigenvalue weighted by atomic mass is 16.2. The van der Waals surface area contributed by atoms with E-state index in [4.69, 9.17) is 5.73 Å². The molecule has 3 rings (SSSR count). The van der Waals surface area contributed by atoms with E-state index in [1.54, 1.807) is 24.3 Å². The molecule has 0 saturated carbocycles. The van der Waals surface area contributed by atoms with E-state index >= 15 is 0 Å². The van der Waals surface area contributed by atoms with Gasteiger partial charge in [0.15, 0.2) is 0 Å². The van der Waals surface area contributed by atoms with Crippen LogP contribution >= 0.6 is 0 Å². The van der Waals surface area contributed by atoms with E-state index in [1.165, 1.54) is 11.3 Å². The Balaban J connectivity index is 1.67. The summed E-state index contributed by atoms with van der Waals surface area (Å²) in [5.74, 6) is 0.132. The fourth-order valence-electron chi connectivity index (χ4n) is 3.22. The second-order valence-electron chi connectivity index (χ2n) is 6.25. The molecule has 0 saturated heterocycles. The summed E-state index contributed by atoms with van der Waals surface area (Å²) in [6.45, 7) is 1.55. The van der Waals surface area contributed by atoms with Crippen molar-refractivity contribution in [2.24, 2.45) is 5.73 Å². The van der Waals surface area contributed by atoms with Crippen LogP contribution in [0.2, 0.25) is 0 Å². The predicted molar refractivity (Wildman–Crippen MR) is 99.1 cm³/mol. The molecule has 0 fully saturated rings. The van der Waals surface area contributed by atoms with Gasteiger partial charge < -0.3 is 21.3 Å². The highest BCUT2D eigenvalue weighted by Crippen LogP contribution is 2.33. The Morgan fingerprint density at radius 3 is 2.80 bits per heavy atom. The zero-order valence-electron chi connectivity index (χ0n) is 14.2. The van der Waals surface area contributed by atoms with E-state index in [1.807, 2.05) is 12.1 Å². The number of para-hydroxylation sites is 1. The number of amides is 3. The van der Waals surface area contributed by atoms with Gasteiger partial charge in [-0.25, -0.2) is 4.79 Å². The number of nitrogens with zero attached hydrogens (tertiary/aromatic N) is 1. The summed E-state index contributed by atoms with van der Waals surface area (Å²) in [6, 6.07) is 14.4. The molecule has 130 valence electrons. The van der Waals surface area contributed by atoms with Gasteiger partial charge in [0.25, 0.3) is 5.91 Å². The van der Waals surface area contributed by atoms with Crippen LogP contribution in [0.5, 0.6) is 0 Å². The van der Waals surface area contributed by atoms with Crippen LogP contribution < -0.4 is 21.3 Å². The standard InChI is InChI=1S/C19H22N4O2/c1-23-10-9-14(16-7-2-3-8-17(16)23)12-21-18(24)13-5-4-6-15(11-13)22-19(20)25/h2-8,11,14H,9-10,12H2,1H3,(H,21,24)(H3,20,22,25)/t14-/m0/s1. The molecule has 0 aromatic heterocycles. The zero-order valence-corrected chi connectivity index (χ0v) is 14.2. The Hall–Kier alpha value is -3.02. The molecule has 2 aromatic carbocycles. The van der Waals surface area contributed by atoms with Gasteiger partial charge in [0.1, 0.15) is 0 Å². The van der Waals surface area contributed by atoms with E-state index in [0.717, 1.165) is 13.0 Å². The van der Waals surface area contributed by atoms with Crippen molar-refractivity contribution in [3.05, 3.63) is 59.7 Å². The summed E-state index contributed by atoms with van der Waals surface area (Å²) in [5.41, 5.74) is 8.59. The molecule has 4 N–H and O–H groups in total. The van der Waals surface area contributed by atoms with Crippen molar-refractivity contribution in [3.8, 4) is 0 Å². The SMILES string of the molecule is CN1CC[C@@H](CNC(=O)c2cccc(NC(N)=O)c2)c2ccccc21. The third-order valence-electron chi connectivity index (χ3n) is 4.50. The van der Waals surface area contributed by atoms with E-state index in [0.29, 0.717) is 23.7 Å². The van der Waals surface area contributed by atoms with Gasteiger partial charge in [0.05, 0.1) is 0 Å². The number of anilines is 2. The molecule has 1 heterocycles. The first-order valence-electron chi connectivity index (χ1n) is 8.29. The molecule has 0 unspecified atom stereocenters. The number of hydrogen-bond donors (Lipinski definition) is 3. The average Bonchev–Trinajstić information content (AvgIpc) is 2.61. The van der Waals surface area contributed by atoms with Crippen LogP contribution in [-0.4, -0.2) is 32.1 Å². The van der Waals surface area contributed by atoms with Gasteiger partial charge >= 0.3 is 6.03 Å². The number of hydrogen-bond acceptors (Lipinski definition) is 3. The Labute approximate surface area is 147 Å². The number of carbonyl (C=O) groups is 2. The van der Waals surface area contributed by atoms with Crippen molar-refractivity contribution >= 4 is 23.3 Å². The van der Waals surface area contributed by atoms with Crippen molar-refractivity contribution in [2.75, 3.05) is 30.4 Å². The van der Waals surface area contributed by atoms with Gasteiger partial charge in [0, 0.05) is 43.0 Å². The number of carbonyl (C=O) groups excluding carboxylic acids is 2. The number of urea groups is 1. The molecule has 1 aliphatic heterocycles. The lowest BCUT2D eigenvalue weighted by molar-refractivity contribution is 0.0950.